The Labute approximate surface area is 116 Å². The van der Waals surface area contributed by atoms with Gasteiger partial charge in [-0.25, -0.2) is 4.39 Å². The minimum absolute atomic E-state index is 0.188. The fourth-order valence-corrected chi connectivity index (χ4v) is 2.20. The van der Waals surface area contributed by atoms with Crippen LogP contribution in [0.25, 0.3) is 0 Å². The van der Waals surface area contributed by atoms with Crippen LogP contribution in [0.15, 0.2) is 36.5 Å². The molecule has 0 aliphatic rings. The fourth-order valence-electron chi connectivity index (χ4n) is 2.04. The van der Waals surface area contributed by atoms with Crippen LogP contribution >= 0.6 is 11.6 Å². The number of aliphatic hydroxyl groups excluding tert-OH is 1. The Morgan fingerprint density at radius 2 is 2.11 bits per heavy atom. The Balaban J connectivity index is 2.23. The Hall–Kier alpha value is -1.45. The summed E-state index contributed by atoms with van der Waals surface area (Å²) in [6.45, 7) is 2.00. The number of aryl methyl sites for hydroxylation is 1. The second-order valence-electron chi connectivity index (χ2n) is 4.36. The van der Waals surface area contributed by atoms with Crippen LogP contribution in [0.4, 0.5) is 4.39 Å². The molecule has 100 valence electrons. The van der Waals surface area contributed by atoms with Gasteiger partial charge in [-0.1, -0.05) is 30.7 Å². The lowest BCUT2D eigenvalue weighted by molar-refractivity contribution is 0.171. The summed E-state index contributed by atoms with van der Waals surface area (Å²) in [5.41, 5.74) is 2.02. The summed E-state index contributed by atoms with van der Waals surface area (Å²) in [4.78, 5) is 4.19. The van der Waals surface area contributed by atoms with Crippen LogP contribution in [-0.4, -0.2) is 10.1 Å². The summed E-state index contributed by atoms with van der Waals surface area (Å²) < 4.78 is 13.7. The first-order valence-electron chi connectivity index (χ1n) is 6.17. The first-order valence-corrected chi connectivity index (χ1v) is 6.55. The van der Waals surface area contributed by atoms with Gasteiger partial charge in [-0.3, -0.25) is 4.98 Å². The normalized spacial score (nSPS) is 12.4. The van der Waals surface area contributed by atoms with Crippen LogP contribution < -0.4 is 0 Å². The van der Waals surface area contributed by atoms with Gasteiger partial charge in [0, 0.05) is 17.6 Å². The topological polar surface area (TPSA) is 33.1 Å². The highest BCUT2D eigenvalue weighted by molar-refractivity contribution is 6.30. The lowest BCUT2D eigenvalue weighted by Gasteiger charge is -2.14. The predicted octanol–water partition coefficient (Wildman–Crippen LogP) is 3.71. The Bertz CT molecular complexity index is 574. The van der Waals surface area contributed by atoms with Crippen molar-refractivity contribution in [1.82, 2.24) is 4.98 Å². The van der Waals surface area contributed by atoms with Crippen molar-refractivity contribution in [3.8, 4) is 0 Å². The molecule has 1 heterocycles. The van der Waals surface area contributed by atoms with Crippen molar-refractivity contribution in [3.05, 3.63) is 64.2 Å². The second kappa shape index (κ2) is 6.13. The number of aliphatic hydroxyl groups is 1. The van der Waals surface area contributed by atoms with E-state index >= 15 is 0 Å². The number of aromatic nitrogens is 1. The molecule has 0 bridgehead atoms. The van der Waals surface area contributed by atoms with Gasteiger partial charge >= 0.3 is 0 Å². The molecule has 0 aliphatic heterocycles. The van der Waals surface area contributed by atoms with E-state index in [1.165, 1.54) is 6.07 Å². The molecule has 2 aromatic rings. The molecule has 2 nitrogen and oxygen atoms in total. The van der Waals surface area contributed by atoms with Gasteiger partial charge in [-0.2, -0.15) is 0 Å². The Morgan fingerprint density at radius 1 is 1.32 bits per heavy atom. The monoisotopic (exact) mass is 279 g/mol. The zero-order chi connectivity index (χ0) is 13.8. The van der Waals surface area contributed by atoms with Gasteiger partial charge in [0.05, 0.1) is 5.69 Å². The number of hydrogen-bond donors (Lipinski definition) is 1. The van der Waals surface area contributed by atoms with E-state index in [9.17, 15) is 9.50 Å². The highest BCUT2D eigenvalue weighted by atomic mass is 35.5. The molecule has 0 spiro atoms. The van der Waals surface area contributed by atoms with E-state index in [0.717, 1.165) is 12.0 Å². The zero-order valence-electron chi connectivity index (χ0n) is 10.6. The third-order valence-corrected chi connectivity index (χ3v) is 3.29. The van der Waals surface area contributed by atoms with Crippen LogP contribution in [0.2, 0.25) is 5.02 Å². The molecule has 0 fully saturated rings. The van der Waals surface area contributed by atoms with Crippen molar-refractivity contribution >= 4 is 11.6 Å². The van der Waals surface area contributed by atoms with Gasteiger partial charge in [-0.15, -0.1) is 0 Å². The van der Waals surface area contributed by atoms with Gasteiger partial charge in [0.1, 0.15) is 11.9 Å². The third-order valence-electron chi connectivity index (χ3n) is 3.05. The van der Waals surface area contributed by atoms with Crippen molar-refractivity contribution in [2.45, 2.75) is 25.9 Å². The predicted molar refractivity (Wildman–Crippen MR) is 73.7 cm³/mol. The van der Waals surface area contributed by atoms with E-state index in [4.69, 9.17) is 11.6 Å². The smallest absolute Gasteiger partial charge is 0.127 e. The van der Waals surface area contributed by atoms with Crippen LogP contribution in [0.5, 0.6) is 0 Å². The molecule has 0 aliphatic carbocycles. The highest BCUT2D eigenvalue weighted by Crippen LogP contribution is 2.23. The summed E-state index contributed by atoms with van der Waals surface area (Å²) in [5.74, 6) is -0.402. The zero-order valence-corrected chi connectivity index (χ0v) is 11.4. The number of benzene rings is 1. The summed E-state index contributed by atoms with van der Waals surface area (Å²) >= 11 is 5.70. The van der Waals surface area contributed by atoms with Crippen LogP contribution in [-0.2, 0) is 12.8 Å². The molecule has 19 heavy (non-hydrogen) atoms. The molecular formula is C15H15ClFNO. The van der Waals surface area contributed by atoms with E-state index in [0.29, 0.717) is 16.3 Å². The van der Waals surface area contributed by atoms with Gasteiger partial charge in [0.15, 0.2) is 0 Å². The summed E-state index contributed by atoms with van der Waals surface area (Å²) in [5, 5.41) is 10.6. The van der Waals surface area contributed by atoms with E-state index in [1.807, 2.05) is 19.1 Å². The minimum Gasteiger partial charge on any atom is -0.386 e. The molecule has 1 aromatic carbocycles. The summed E-state index contributed by atoms with van der Waals surface area (Å²) in [6.07, 6.45) is 1.79. The number of rotatable bonds is 4. The quantitative estimate of drug-likeness (QED) is 0.925. The summed E-state index contributed by atoms with van der Waals surface area (Å²) in [6, 6.07) is 8.21. The molecule has 1 N–H and O–H groups in total. The molecule has 2 rings (SSSR count). The maximum Gasteiger partial charge on any atom is 0.127 e. The maximum atomic E-state index is 13.7. The largest absolute Gasteiger partial charge is 0.386 e. The molecule has 4 heteroatoms. The van der Waals surface area contributed by atoms with Crippen molar-refractivity contribution in [2.24, 2.45) is 0 Å². The lowest BCUT2D eigenvalue weighted by Crippen LogP contribution is -2.08. The second-order valence-corrected chi connectivity index (χ2v) is 4.79. The molecule has 0 radical (unpaired) electrons. The highest BCUT2D eigenvalue weighted by Gasteiger charge is 2.15. The Kier molecular flexibility index (Phi) is 4.51. The van der Waals surface area contributed by atoms with Gasteiger partial charge in [-0.05, 0) is 35.7 Å². The van der Waals surface area contributed by atoms with Gasteiger partial charge in [0.25, 0.3) is 0 Å². The molecular weight excluding hydrogens is 265 g/mol. The third kappa shape index (κ3) is 3.31. The van der Waals surface area contributed by atoms with Crippen molar-refractivity contribution in [2.75, 3.05) is 0 Å². The standard InChI is InChI=1S/C15H15ClFNO/c1-2-10-4-3-7-18-15(10)14(19)8-11-5-6-12(16)9-13(11)17/h3-7,9,14,19H,2,8H2,1H3. The van der Waals surface area contributed by atoms with E-state index in [2.05, 4.69) is 4.98 Å². The average Bonchev–Trinajstić information content (AvgIpc) is 2.41. The first kappa shape index (κ1) is 14.0. The van der Waals surface area contributed by atoms with Crippen LogP contribution in [0.1, 0.15) is 29.8 Å². The van der Waals surface area contributed by atoms with E-state index < -0.39 is 11.9 Å². The SMILES string of the molecule is CCc1cccnc1C(O)Cc1ccc(Cl)cc1F. The molecule has 0 saturated heterocycles. The molecule has 1 unspecified atom stereocenters. The molecule has 1 atom stereocenters. The van der Waals surface area contributed by atoms with Gasteiger partial charge < -0.3 is 5.11 Å². The molecule has 0 saturated carbocycles. The van der Waals surface area contributed by atoms with E-state index in [-0.39, 0.29) is 6.42 Å². The van der Waals surface area contributed by atoms with Gasteiger partial charge in [0.2, 0.25) is 0 Å². The lowest BCUT2D eigenvalue weighted by atomic mass is 10.0. The number of pyridine rings is 1. The number of nitrogens with zero attached hydrogens (tertiary/aromatic N) is 1. The van der Waals surface area contributed by atoms with Crippen molar-refractivity contribution in [3.63, 3.8) is 0 Å². The molecule has 0 amide bonds. The summed E-state index contributed by atoms with van der Waals surface area (Å²) in [7, 11) is 0. The van der Waals surface area contributed by atoms with Crippen molar-refractivity contribution in [1.29, 1.82) is 0 Å². The number of halogens is 2. The van der Waals surface area contributed by atoms with Crippen LogP contribution in [0, 0.1) is 5.82 Å². The Morgan fingerprint density at radius 3 is 2.79 bits per heavy atom. The average molecular weight is 280 g/mol. The van der Waals surface area contributed by atoms with Crippen molar-refractivity contribution < 1.29 is 9.50 Å². The van der Waals surface area contributed by atoms with Crippen LogP contribution in [0.3, 0.4) is 0 Å². The first-order chi connectivity index (χ1) is 9.11. The number of hydrogen-bond acceptors (Lipinski definition) is 2. The fraction of sp³-hybridized carbons (Fsp3) is 0.267. The molecule has 1 aromatic heterocycles. The minimum atomic E-state index is -0.813. The van der Waals surface area contributed by atoms with E-state index in [1.54, 1.807) is 18.3 Å². The maximum absolute atomic E-state index is 13.7.